The topological polar surface area (TPSA) is 54.9 Å². The highest BCUT2D eigenvalue weighted by molar-refractivity contribution is 6.02. The van der Waals surface area contributed by atoms with Crippen molar-refractivity contribution in [2.75, 3.05) is 5.32 Å². The van der Waals surface area contributed by atoms with Crippen LogP contribution in [0.5, 0.6) is 0 Å². The van der Waals surface area contributed by atoms with Gasteiger partial charge in [-0.05, 0) is 19.1 Å². The number of anilines is 1. The molecule has 1 N–H and O–H groups in total. The highest BCUT2D eigenvalue weighted by Gasteiger charge is 2.31. The van der Waals surface area contributed by atoms with Gasteiger partial charge in [0.15, 0.2) is 0 Å². The van der Waals surface area contributed by atoms with Crippen LogP contribution in [0.15, 0.2) is 24.4 Å². The summed E-state index contributed by atoms with van der Waals surface area (Å²) >= 11 is 0. The molecule has 0 saturated heterocycles. The monoisotopic (exact) mass is 261 g/mol. The van der Waals surface area contributed by atoms with Crippen molar-refractivity contribution >= 4 is 11.6 Å². The fraction of sp³-hybridized carbons (Fsp3) is 0.154. The molecule has 0 aliphatic carbocycles. The molecule has 1 unspecified atom stereocenters. The first-order chi connectivity index (χ1) is 9.08. The number of halogens is 2. The molecule has 1 aliphatic rings. The quantitative estimate of drug-likeness (QED) is 0.741. The van der Waals surface area contributed by atoms with E-state index in [1.54, 1.807) is 13.0 Å². The molecule has 0 fully saturated rings. The Morgan fingerprint density at radius 2 is 2.21 bits per heavy atom. The van der Waals surface area contributed by atoms with Gasteiger partial charge in [0, 0.05) is 17.5 Å². The van der Waals surface area contributed by atoms with Crippen molar-refractivity contribution in [1.82, 2.24) is 9.97 Å². The number of nitrogens with zero attached hydrogens (tertiary/aromatic N) is 2. The number of hydrogen-bond acceptors (Lipinski definition) is 3. The summed E-state index contributed by atoms with van der Waals surface area (Å²) in [6.45, 7) is 1.59. The minimum atomic E-state index is -1.93. The normalized spacial score (nSPS) is 17.2. The highest BCUT2D eigenvalue weighted by atomic mass is 19.1. The van der Waals surface area contributed by atoms with Gasteiger partial charge < -0.3 is 5.32 Å². The molecule has 0 aromatic carbocycles. The van der Waals surface area contributed by atoms with Crippen LogP contribution in [0, 0.1) is 12.9 Å². The number of aryl methyl sites for hydroxylation is 1. The first kappa shape index (κ1) is 11.7. The molecule has 1 atom stereocenters. The molecule has 4 nitrogen and oxygen atoms in total. The number of alkyl halides is 1. The fourth-order valence-electron chi connectivity index (χ4n) is 2.14. The van der Waals surface area contributed by atoms with Gasteiger partial charge in [-0.2, -0.15) is 4.39 Å². The summed E-state index contributed by atoms with van der Waals surface area (Å²) < 4.78 is 28.0. The van der Waals surface area contributed by atoms with Gasteiger partial charge in [-0.25, -0.2) is 9.37 Å². The number of pyridine rings is 2. The number of rotatable bonds is 0. The Bertz CT molecular complexity index is 688. The van der Waals surface area contributed by atoms with Crippen LogP contribution in [0.25, 0.3) is 11.1 Å². The molecule has 3 rings (SSSR count). The Balaban J connectivity index is 2.38. The summed E-state index contributed by atoms with van der Waals surface area (Å²) in [4.78, 5) is 19.2. The second-order valence-corrected chi connectivity index (χ2v) is 4.27. The van der Waals surface area contributed by atoms with Crippen LogP contribution >= 0.6 is 0 Å². The molecule has 0 spiro atoms. The molecule has 19 heavy (non-hydrogen) atoms. The molecule has 0 saturated carbocycles. The van der Waals surface area contributed by atoms with E-state index in [0.717, 1.165) is 0 Å². The van der Waals surface area contributed by atoms with Crippen molar-refractivity contribution in [3.8, 4) is 11.1 Å². The minimum Gasteiger partial charge on any atom is -0.322 e. The van der Waals surface area contributed by atoms with Crippen LogP contribution in [0.1, 0.15) is 17.6 Å². The maximum Gasteiger partial charge on any atom is 0.265 e. The number of carbonyl (C=O) groups excluding carboxylic acids is 1. The predicted molar refractivity (Wildman–Crippen MR) is 64.6 cm³/mol. The summed E-state index contributed by atoms with van der Waals surface area (Å²) in [7, 11) is 0. The van der Waals surface area contributed by atoms with Gasteiger partial charge >= 0.3 is 0 Å². The average molecular weight is 261 g/mol. The Hall–Kier alpha value is -2.37. The molecule has 2 aromatic heterocycles. The van der Waals surface area contributed by atoms with Gasteiger partial charge in [-0.3, -0.25) is 9.78 Å². The molecule has 1 aliphatic heterocycles. The predicted octanol–water partition coefficient (Wildman–Crippen LogP) is 2.55. The number of amides is 1. The number of carbonyl (C=O) groups is 1. The zero-order valence-electron chi connectivity index (χ0n) is 9.95. The van der Waals surface area contributed by atoms with E-state index in [1.165, 1.54) is 18.3 Å². The lowest BCUT2D eigenvalue weighted by atomic mass is 10.0. The number of hydrogen-bond donors (Lipinski definition) is 1. The van der Waals surface area contributed by atoms with Crippen LogP contribution in [-0.2, 0) is 4.79 Å². The third kappa shape index (κ3) is 1.76. The SMILES string of the molecule is Cc1cc2c(c(F)n1)-c1cccnc1C(F)C(=O)N2. The lowest BCUT2D eigenvalue weighted by molar-refractivity contribution is -0.121. The molecule has 6 heteroatoms. The zero-order valence-corrected chi connectivity index (χ0v) is 9.95. The number of nitrogens with one attached hydrogen (secondary N) is 1. The van der Waals surface area contributed by atoms with Gasteiger partial charge in [-0.15, -0.1) is 0 Å². The van der Waals surface area contributed by atoms with E-state index in [2.05, 4.69) is 15.3 Å². The Morgan fingerprint density at radius 3 is 3.00 bits per heavy atom. The van der Waals surface area contributed by atoms with E-state index in [-0.39, 0.29) is 22.5 Å². The first-order valence-corrected chi connectivity index (χ1v) is 5.65. The largest absolute Gasteiger partial charge is 0.322 e. The molecule has 2 aromatic rings. The van der Waals surface area contributed by atoms with Crippen molar-refractivity contribution in [1.29, 1.82) is 0 Å². The van der Waals surface area contributed by atoms with Crippen molar-refractivity contribution in [3.63, 3.8) is 0 Å². The summed E-state index contributed by atoms with van der Waals surface area (Å²) in [6, 6.07) is 4.59. The second kappa shape index (κ2) is 4.08. The summed E-state index contributed by atoms with van der Waals surface area (Å²) in [6.07, 6.45) is -0.563. The second-order valence-electron chi connectivity index (χ2n) is 4.27. The van der Waals surface area contributed by atoms with Crippen LogP contribution in [0.3, 0.4) is 0 Å². The molecule has 96 valence electrons. The first-order valence-electron chi connectivity index (χ1n) is 5.65. The smallest absolute Gasteiger partial charge is 0.265 e. The van der Waals surface area contributed by atoms with Gasteiger partial charge in [0.05, 0.1) is 16.9 Å². The lowest BCUT2D eigenvalue weighted by Crippen LogP contribution is -2.17. The third-order valence-corrected chi connectivity index (χ3v) is 2.94. The van der Waals surface area contributed by atoms with E-state index in [4.69, 9.17) is 0 Å². The summed E-state index contributed by atoms with van der Waals surface area (Å²) in [5, 5.41) is 2.37. The van der Waals surface area contributed by atoms with Crippen molar-refractivity contribution < 1.29 is 13.6 Å². The Kier molecular flexibility index (Phi) is 2.51. The lowest BCUT2D eigenvalue weighted by Gasteiger charge is -2.09. The van der Waals surface area contributed by atoms with Crippen LogP contribution < -0.4 is 5.32 Å². The van der Waals surface area contributed by atoms with E-state index in [1.807, 2.05) is 0 Å². The average Bonchev–Trinajstić information content (AvgIpc) is 2.46. The maximum atomic E-state index is 14.0. The van der Waals surface area contributed by atoms with Gasteiger partial charge in [-0.1, -0.05) is 6.07 Å². The van der Waals surface area contributed by atoms with Gasteiger partial charge in [0.1, 0.15) is 0 Å². The zero-order chi connectivity index (χ0) is 13.6. The highest BCUT2D eigenvalue weighted by Crippen LogP contribution is 2.38. The summed E-state index contributed by atoms with van der Waals surface area (Å²) in [5.41, 5.74) is 0.836. The van der Waals surface area contributed by atoms with Crippen molar-refractivity contribution in [3.05, 3.63) is 41.7 Å². The molecule has 0 bridgehead atoms. The number of aromatic nitrogens is 2. The molecule has 1 amide bonds. The van der Waals surface area contributed by atoms with Gasteiger partial charge in [0.2, 0.25) is 12.1 Å². The van der Waals surface area contributed by atoms with Gasteiger partial charge in [0.25, 0.3) is 5.91 Å². The van der Waals surface area contributed by atoms with E-state index < -0.39 is 18.0 Å². The van der Waals surface area contributed by atoms with E-state index >= 15 is 0 Å². The van der Waals surface area contributed by atoms with Crippen molar-refractivity contribution in [2.45, 2.75) is 13.1 Å². The summed E-state index contributed by atoms with van der Waals surface area (Å²) in [5.74, 6) is -1.61. The van der Waals surface area contributed by atoms with E-state index in [9.17, 15) is 13.6 Å². The van der Waals surface area contributed by atoms with Crippen molar-refractivity contribution in [2.24, 2.45) is 0 Å². The fourth-order valence-corrected chi connectivity index (χ4v) is 2.14. The molecule has 3 heterocycles. The molecular weight excluding hydrogens is 252 g/mol. The minimum absolute atomic E-state index is 0.0715. The van der Waals surface area contributed by atoms with E-state index in [0.29, 0.717) is 5.69 Å². The molecular formula is C13H9F2N3O. The molecule has 0 radical (unpaired) electrons. The maximum absolute atomic E-state index is 14.0. The Labute approximate surface area is 107 Å². The number of fused-ring (bicyclic) bond motifs is 3. The van der Waals surface area contributed by atoms with Crippen LogP contribution in [-0.4, -0.2) is 15.9 Å². The standard InChI is InChI=1S/C13H9F2N3O/c1-6-5-8-9(12(15)17-6)7-3-2-4-16-11(7)10(14)13(19)18-8/h2-5,10H,1H3,(H,18,19). The van der Waals surface area contributed by atoms with Crippen LogP contribution in [0.2, 0.25) is 0 Å². The Morgan fingerprint density at radius 1 is 1.42 bits per heavy atom. The third-order valence-electron chi connectivity index (χ3n) is 2.94. The van der Waals surface area contributed by atoms with Crippen LogP contribution in [0.4, 0.5) is 14.5 Å².